The summed E-state index contributed by atoms with van der Waals surface area (Å²) in [6.45, 7) is 9.73. The molecule has 2 aromatic carbocycles. The zero-order valence-corrected chi connectivity index (χ0v) is 18.4. The van der Waals surface area contributed by atoms with E-state index in [0.29, 0.717) is 11.1 Å². The van der Waals surface area contributed by atoms with Crippen LogP contribution in [0.4, 0.5) is 0 Å². The zero-order valence-electron chi connectivity index (χ0n) is 18.4. The van der Waals surface area contributed by atoms with Crippen LogP contribution in [-0.4, -0.2) is 59.5 Å². The second-order valence-electron chi connectivity index (χ2n) is 8.29. The molecule has 2 heterocycles. The predicted molar refractivity (Wildman–Crippen MR) is 124 cm³/mol. The van der Waals surface area contributed by atoms with Gasteiger partial charge in [0.1, 0.15) is 11.9 Å². The van der Waals surface area contributed by atoms with Crippen LogP contribution in [0.2, 0.25) is 0 Å². The zero-order chi connectivity index (χ0) is 22.0. The van der Waals surface area contributed by atoms with E-state index in [2.05, 4.69) is 28.9 Å². The van der Waals surface area contributed by atoms with Crippen molar-refractivity contribution in [2.24, 2.45) is 0 Å². The van der Waals surface area contributed by atoms with Gasteiger partial charge in [0.05, 0.1) is 5.39 Å². The number of hydrogen-bond acceptors (Lipinski definition) is 4. The molecule has 1 aromatic heterocycles. The number of carbonyl (C=O) groups is 1. The standard InChI is InChI=1S/C25H29N3O3/c1-17-6-4-5-7-21(17)24-15-26-25(30)23-14-20(8-9-22(23)24)31-18(2)16-27-10-12-28(13-11-27)19(3)29/h4-9,14-15,18H,10-13,16H2,1-3H3,(H,26,30)/t18-/m1/s1. The first-order chi connectivity index (χ1) is 14.9. The summed E-state index contributed by atoms with van der Waals surface area (Å²) in [5.41, 5.74) is 3.16. The van der Waals surface area contributed by atoms with Gasteiger partial charge in [0.25, 0.3) is 5.56 Å². The number of pyridine rings is 1. The molecule has 6 heteroatoms. The van der Waals surface area contributed by atoms with Crippen LogP contribution < -0.4 is 10.3 Å². The molecule has 162 valence electrons. The lowest BCUT2D eigenvalue weighted by Crippen LogP contribution is -2.50. The smallest absolute Gasteiger partial charge is 0.255 e. The van der Waals surface area contributed by atoms with Crippen LogP contribution in [0.3, 0.4) is 0 Å². The number of ether oxygens (including phenoxy) is 1. The minimum absolute atomic E-state index is 0.0278. The van der Waals surface area contributed by atoms with Crippen LogP contribution in [0.1, 0.15) is 19.4 Å². The highest BCUT2D eigenvalue weighted by molar-refractivity contribution is 5.97. The van der Waals surface area contributed by atoms with Gasteiger partial charge in [-0.05, 0) is 48.6 Å². The van der Waals surface area contributed by atoms with Crippen LogP contribution in [0.5, 0.6) is 5.75 Å². The van der Waals surface area contributed by atoms with Crippen molar-refractivity contribution in [1.29, 1.82) is 0 Å². The normalized spacial score (nSPS) is 15.8. The largest absolute Gasteiger partial charge is 0.489 e. The Morgan fingerprint density at radius 2 is 1.81 bits per heavy atom. The molecule has 0 radical (unpaired) electrons. The summed E-state index contributed by atoms with van der Waals surface area (Å²) < 4.78 is 6.15. The molecule has 0 spiro atoms. The summed E-state index contributed by atoms with van der Waals surface area (Å²) >= 11 is 0. The quantitative estimate of drug-likeness (QED) is 0.688. The van der Waals surface area contributed by atoms with Gasteiger partial charge in [-0.1, -0.05) is 24.3 Å². The van der Waals surface area contributed by atoms with Gasteiger partial charge in [-0.2, -0.15) is 0 Å². The molecule has 31 heavy (non-hydrogen) atoms. The molecule has 1 fully saturated rings. The highest BCUT2D eigenvalue weighted by atomic mass is 16.5. The number of aromatic nitrogens is 1. The van der Waals surface area contributed by atoms with Crippen molar-refractivity contribution in [3.8, 4) is 16.9 Å². The minimum atomic E-state index is -0.120. The number of rotatable bonds is 5. The Bertz CT molecular complexity index is 1150. The van der Waals surface area contributed by atoms with Gasteiger partial charge in [0.2, 0.25) is 5.91 Å². The number of amides is 1. The topological polar surface area (TPSA) is 65.6 Å². The summed E-state index contributed by atoms with van der Waals surface area (Å²) in [5.74, 6) is 0.824. The molecule has 3 aromatic rings. The van der Waals surface area contributed by atoms with Crippen LogP contribution in [-0.2, 0) is 4.79 Å². The Kier molecular flexibility index (Phi) is 6.09. The molecule has 1 aliphatic rings. The monoisotopic (exact) mass is 419 g/mol. The average Bonchev–Trinajstić information content (AvgIpc) is 2.75. The van der Waals surface area contributed by atoms with E-state index < -0.39 is 0 Å². The van der Waals surface area contributed by atoms with Gasteiger partial charge in [0, 0.05) is 51.4 Å². The molecule has 1 amide bonds. The molecular weight excluding hydrogens is 390 g/mol. The molecule has 4 rings (SSSR count). The average molecular weight is 420 g/mol. The maximum absolute atomic E-state index is 12.5. The molecule has 1 aliphatic heterocycles. The maximum Gasteiger partial charge on any atom is 0.255 e. The Morgan fingerprint density at radius 3 is 2.52 bits per heavy atom. The molecule has 0 saturated carbocycles. The summed E-state index contributed by atoms with van der Waals surface area (Å²) in [7, 11) is 0. The fourth-order valence-electron chi connectivity index (χ4n) is 4.29. The first-order valence-electron chi connectivity index (χ1n) is 10.8. The number of hydrogen-bond donors (Lipinski definition) is 1. The number of benzene rings is 2. The lowest BCUT2D eigenvalue weighted by Gasteiger charge is -2.35. The summed E-state index contributed by atoms with van der Waals surface area (Å²) in [5, 5.41) is 1.54. The molecule has 1 saturated heterocycles. The van der Waals surface area contributed by atoms with Gasteiger partial charge >= 0.3 is 0 Å². The van der Waals surface area contributed by atoms with E-state index in [1.165, 1.54) is 0 Å². The van der Waals surface area contributed by atoms with E-state index in [0.717, 1.165) is 54.8 Å². The van der Waals surface area contributed by atoms with Crippen molar-refractivity contribution >= 4 is 16.7 Å². The summed E-state index contributed by atoms with van der Waals surface area (Å²) in [6.07, 6.45) is 1.76. The van der Waals surface area contributed by atoms with Crippen LogP contribution in [0, 0.1) is 6.92 Å². The van der Waals surface area contributed by atoms with Gasteiger partial charge in [-0.15, -0.1) is 0 Å². The van der Waals surface area contributed by atoms with Crippen LogP contribution in [0.15, 0.2) is 53.5 Å². The number of nitrogens with zero attached hydrogens (tertiary/aromatic N) is 2. The number of aromatic amines is 1. The van der Waals surface area contributed by atoms with Crippen molar-refractivity contribution in [2.45, 2.75) is 26.9 Å². The summed E-state index contributed by atoms with van der Waals surface area (Å²) in [6, 6.07) is 13.9. The van der Waals surface area contributed by atoms with Crippen LogP contribution in [0.25, 0.3) is 21.9 Å². The van der Waals surface area contributed by atoms with Crippen molar-refractivity contribution in [1.82, 2.24) is 14.8 Å². The van der Waals surface area contributed by atoms with Crippen molar-refractivity contribution in [2.75, 3.05) is 32.7 Å². The Balaban J connectivity index is 1.51. The van der Waals surface area contributed by atoms with E-state index in [-0.39, 0.29) is 17.6 Å². The Hall–Kier alpha value is -3.12. The molecule has 0 unspecified atom stereocenters. The lowest BCUT2D eigenvalue weighted by molar-refractivity contribution is -0.130. The van der Waals surface area contributed by atoms with E-state index in [1.54, 1.807) is 13.1 Å². The second-order valence-corrected chi connectivity index (χ2v) is 8.29. The predicted octanol–water partition coefficient (Wildman–Crippen LogP) is 3.43. The van der Waals surface area contributed by atoms with E-state index >= 15 is 0 Å². The second kappa shape index (κ2) is 8.94. The molecular formula is C25H29N3O3. The van der Waals surface area contributed by atoms with Crippen molar-refractivity contribution in [3.05, 3.63) is 64.6 Å². The van der Waals surface area contributed by atoms with Gasteiger partial charge in [-0.3, -0.25) is 14.5 Å². The van der Waals surface area contributed by atoms with E-state index in [9.17, 15) is 9.59 Å². The Morgan fingerprint density at radius 1 is 1.06 bits per heavy atom. The highest BCUT2D eigenvalue weighted by Crippen LogP contribution is 2.30. The van der Waals surface area contributed by atoms with Gasteiger partial charge < -0.3 is 14.6 Å². The van der Waals surface area contributed by atoms with Gasteiger partial charge in [0.15, 0.2) is 0 Å². The molecule has 6 nitrogen and oxygen atoms in total. The molecule has 0 aliphatic carbocycles. The van der Waals surface area contributed by atoms with Crippen LogP contribution >= 0.6 is 0 Å². The highest BCUT2D eigenvalue weighted by Gasteiger charge is 2.20. The number of fused-ring (bicyclic) bond motifs is 1. The third-order valence-electron chi connectivity index (χ3n) is 5.98. The van der Waals surface area contributed by atoms with Gasteiger partial charge in [-0.25, -0.2) is 0 Å². The fraction of sp³-hybridized carbons (Fsp3) is 0.360. The fourth-order valence-corrected chi connectivity index (χ4v) is 4.29. The number of H-pyrrole nitrogens is 1. The lowest BCUT2D eigenvalue weighted by atomic mass is 9.97. The number of aryl methyl sites for hydroxylation is 1. The number of carbonyl (C=O) groups excluding carboxylic acids is 1. The van der Waals surface area contributed by atoms with E-state index in [1.807, 2.05) is 42.2 Å². The maximum atomic E-state index is 12.5. The molecule has 1 N–H and O–H groups in total. The molecule has 1 atom stereocenters. The summed E-state index contributed by atoms with van der Waals surface area (Å²) in [4.78, 5) is 31.1. The number of piperazine rings is 1. The minimum Gasteiger partial charge on any atom is -0.489 e. The van der Waals surface area contributed by atoms with Crippen molar-refractivity contribution in [3.63, 3.8) is 0 Å². The third-order valence-corrected chi connectivity index (χ3v) is 5.98. The first kappa shape index (κ1) is 21.1. The Labute approximate surface area is 182 Å². The first-order valence-corrected chi connectivity index (χ1v) is 10.8. The molecule has 0 bridgehead atoms. The SMILES string of the molecule is CC(=O)N1CCN(C[C@@H](C)Oc2ccc3c(-c4ccccc4C)c[nH]c(=O)c3c2)CC1. The number of nitrogens with one attached hydrogen (secondary N) is 1. The van der Waals surface area contributed by atoms with Crippen molar-refractivity contribution < 1.29 is 9.53 Å². The van der Waals surface area contributed by atoms with E-state index in [4.69, 9.17) is 4.74 Å². The third kappa shape index (κ3) is 4.64.